The van der Waals surface area contributed by atoms with Crippen LogP contribution in [0.2, 0.25) is 5.02 Å². The van der Waals surface area contributed by atoms with Gasteiger partial charge in [-0.15, -0.1) is 11.8 Å². The Balaban J connectivity index is 1.63. The molecule has 158 valence electrons. The highest BCUT2D eigenvalue weighted by Gasteiger charge is 2.17. The van der Waals surface area contributed by atoms with Crippen molar-refractivity contribution >= 4 is 35.0 Å². The molecule has 0 aliphatic heterocycles. The maximum absolute atomic E-state index is 12.6. The van der Waals surface area contributed by atoms with Crippen LogP contribution in [0.3, 0.4) is 0 Å². The van der Waals surface area contributed by atoms with Crippen molar-refractivity contribution in [3.63, 3.8) is 0 Å². The smallest absolute Gasteiger partial charge is 0.291 e. The van der Waals surface area contributed by atoms with Crippen LogP contribution in [0.25, 0.3) is 0 Å². The van der Waals surface area contributed by atoms with E-state index in [1.807, 2.05) is 24.3 Å². The first kappa shape index (κ1) is 21.9. The molecule has 0 bridgehead atoms. The van der Waals surface area contributed by atoms with Crippen LogP contribution >= 0.6 is 23.4 Å². The molecular weight excluding hydrogens is 426 g/mol. The third-order valence-electron chi connectivity index (χ3n) is 4.27. The molecule has 3 rings (SSSR count). The number of hydrogen-bond donors (Lipinski definition) is 1. The number of anilines is 1. The zero-order valence-electron chi connectivity index (χ0n) is 16.9. The van der Waals surface area contributed by atoms with Crippen molar-refractivity contribution in [2.75, 3.05) is 26.6 Å². The average molecular weight is 448 g/mol. The van der Waals surface area contributed by atoms with E-state index in [1.54, 1.807) is 36.0 Å². The monoisotopic (exact) mass is 447 g/mol. The first-order chi connectivity index (χ1) is 14.5. The fraction of sp³-hybridized carbons (Fsp3) is 0.227. The zero-order chi connectivity index (χ0) is 21.5. The lowest BCUT2D eigenvalue weighted by atomic mass is 10.2. The van der Waals surface area contributed by atoms with Crippen molar-refractivity contribution in [1.82, 2.24) is 0 Å². The molecule has 0 fully saturated rings. The second kappa shape index (κ2) is 10.3. The number of nitrogens with one attached hydrogen (secondary N) is 1. The number of carbonyl (C=O) groups is 1. The molecule has 0 aliphatic rings. The minimum atomic E-state index is -0.369. The number of methoxy groups -OCH3 is 3. The van der Waals surface area contributed by atoms with E-state index in [0.29, 0.717) is 34.4 Å². The summed E-state index contributed by atoms with van der Waals surface area (Å²) in [5, 5.41) is 3.53. The molecule has 1 heterocycles. The van der Waals surface area contributed by atoms with Crippen LogP contribution in [-0.2, 0) is 11.5 Å². The molecule has 1 aromatic heterocycles. The summed E-state index contributed by atoms with van der Waals surface area (Å²) >= 11 is 7.84. The van der Waals surface area contributed by atoms with Crippen LogP contribution in [0.15, 0.2) is 52.9 Å². The van der Waals surface area contributed by atoms with Gasteiger partial charge in [-0.05, 0) is 23.8 Å². The Morgan fingerprint density at radius 2 is 1.70 bits per heavy atom. The molecule has 0 radical (unpaired) electrons. The molecule has 0 atom stereocenters. The zero-order valence-corrected chi connectivity index (χ0v) is 18.4. The van der Waals surface area contributed by atoms with Crippen molar-refractivity contribution in [1.29, 1.82) is 0 Å². The molecule has 6 nitrogen and oxygen atoms in total. The van der Waals surface area contributed by atoms with Crippen LogP contribution in [0.1, 0.15) is 21.9 Å². The van der Waals surface area contributed by atoms with Gasteiger partial charge in [-0.1, -0.05) is 29.8 Å². The Bertz CT molecular complexity index is 995. The van der Waals surface area contributed by atoms with E-state index in [1.165, 1.54) is 21.3 Å². The third-order valence-corrected chi connectivity index (χ3v) is 5.64. The Morgan fingerprint density at radius 3 is 2.33 bits per heavy atom. The quantitative estimate of drug-likeness (QED) is 0.457. The van der Waals surface area contributed by atoms with Gasteiger partial charge in [0.2, 0.25) is 5.75 Å². The SMILES string of the molecule is COc1cc(NC(=O)c2ccc(CSCc3ccccc3Cl)o2)cc(OC)c1OC. The lowest BCUT2D eigenvalue weighted by Crippen LogP contribution is -2.11. The molecule has 1 N–H and O–H groups in total. The van der Waals surface area contributed by atoms with Gasteiger partial charge >= 0.3 is 0 Å². The van der Waals surface area contributed by atoms with Gasteiger partial charge in [0, 0.05) is 28.6 Å². The molecule has 2 aromatic carbocycles. The molecule has 8 heteroatoms. The standard InChI is InChI=1S/C22H22ClNO5S/c1-26-19-10-15(11-20(27-2)21(19)28-3)24-22(25)18-9-8-16(29-18)13-30-12-14-6-4-5-7-17(14)23/h4-11H,12-13H2,1-3H3,(H,24,25). The van der Waals surface area contributed by atoms with Crippen molar-refractivity contribution in [3.8, 4) is 17.2 Å². The number of ether oxygens (including phenoxy) is 3. The average Bonchev–Trinajstić information content (AvgIpc) is 3.23. The molecule has 30 heavy (non-hydrogen) atoms. The topological polar surface area (TPSA) is 69.9 Å². The van der Waals surface area contributed by atoms with Crippen LogP contribution in [0.5, 0.6) is 17.2 Å². The summed E-state index contributed by atoms with van der Waals surface area (Å²) in [5.41, 5.74) is 1.57. The van der Waals surface area contributed by atoms with Gasteiger partial charge in [0.1, 0.15) is 5.76 Å². The summed E-state index contributed by atoms with van der Waals surface area (Å²) in [6, 6.07) is 14.5. The predicted octanol–water partition coefficient (Wildman–Crippen LogP) is 5.64. The van der Waals surface area contributed by atoms with Crippen LogP contribution in [0.4, 0.5) is 5.69 Å². The highest BCUT2D eigenvalue weighted by molar-refractivity contribution is 7.97. The van der Waals surface area contributed by atoms with E-state index >= 15 is 0 Å². The van der Waals surface area contributed by atoms with Crippen molar-refractivity contribution in [3.05, 3.63) is 70.6 Å². The number of rotatable bonds is 9. The van der Waals surface area contributed by atoms with Crippen molar-refractivity contribution < 1.29 is 23.4 Å². The number of halogens is 1. The predicted molar refractivity (Wildman–Crippen MR) is 119 cm³/mol. The molecule has 3 aromatic rings. The molecule has 0 aliphatic carbocycles. The van der Waals surface area contributed by atoms with E-state index in [2.05, 4.69) is 5.32 Å². The summed E-state index contributed by atoms with van der Waals surface area (Å²) in [7, 11) is 4.55. The maximum atomic E-state index is 12.6. The molecule has 0 saturated heterocycles. The molecular formula is C22H22ClNO5S. The second-order valence-corrected chi connectivity index (χ2v) is 7.61. The minimum absolute atomic E-state index is 0.220. The van der Waals surface area contributed by atoms with E-state index in [0.717, 1.165) is 16.3 Å². The summed E-state index contributed by atoms with van der Waals surface area (Å²) < 4.78 is 21.6. The number of furan rings is 1. The van der Waals surface area contributed by atoms with Gasteiger partial charge in [-0.2, -0.15) is 0 Å². The Morgan fingerprint density at radius 1 is 1.00 bits per heavy atom. The number of amides is 1. The van der Waals surface area contributed by atoms with Crippen molar-refractivity contribution in [2.24, 2.45) is 0 Å². The van der Waals surface area contributed by atoms with E-state index < -0.39 is 0 Å². The van der Waals surface area contributed by atoms with Crippen LogP contribution in [-0.4, -0.2) is 27.2 Å². The Hall–Kier alpha value is -2.77. The fourth-order valence-corrected chi connectivity index (χ4v) is 4.01. The molecule has 0 unspecified atom stereocenters. The highest BCUT2D eigenvalue weighted by atomic mass is 35.5. The van der Waals surface area contributed by atoms with Gasteiger partial charge in [0.05, 0.1) is 27.1 Å². The number of carbonyl (C=O) groups excluding carboxylic acids is 1. The lowest BCUT2D eigenvalue weighted by Gasteiger charge is -2.14. The summed E-state index contributed by atoms with van der Waals surface area (Å²) in [6.45, 7) is 0. The molecule has 1 amide bonds. The van der Waals surface area contributed by atoms with Crippen LogP contribution in [0, 0.1) is 0 Å². The Kier molecular flexibility index (Phi) is 7.54. The van der Waals surface area contributed by atoms with Crippen LogP contribution < -0.4 is 19.5 Å². The van der Waals surface area contributed by atoms with E-state index in [9.17, 15) is 4.79 Å². The normalized spacial score (nSPS) is 10.5. The first-order valence-corrected chi connectivity index (χ1v) is 10.6. The van der Waals surface area contributed by atoms with E-state index in [-0.39, 0.29) is 11.7 Å². The first-order valence-electron chi connectivity index (χ1n) is 9.07. The number of benzene rings is 2. The van der Waals surface area contributed by atoms with Gasteiger partial charge in [-0.25, -0.2) is 0 Å². The fourth-order valence-electron chi connectivity index (χ4n) is 2.80. The summed E-state index contributed by atoms with van der Waals surface area (Å²) in [4.78, 5) is 12.6. The molecule has 0 spiro atoms. The van der Waals surface area contributed by atoms with E-state index in [4.69, 9.17) is 30.2 Å². The highest BCUT2D eigenvalue weighted by Crippen LogP contribution is 2.40. The van der Waals surface area contributed by atoms with Gasteiger partial charge < -0.3 is 23.9 Å². The number of thioether (sulfide) groups is 1. The van der Waals surface area contributed by atoms with Gasteiger partial charge in [0.25, 0.3) is 5.91 Å². The number of hydrogen-bond acceptors (Lipinski definition) is 6. The second-order valence-electron chi connectivity index (χ2n) is 6.22. The van der Waals surface area contributed by atoms with Gasteiger partial charge in [-0.3, -0.25) is 4.79 Å². The lowest BCUT2D eigenvalue weighted by molar-refractivity contribution is 0.0995. The maximum Gasteiger partial charge on any atom is 0.291 e. The molecule has 0 saturated carbocycles. The summed E-state index contributed by atoms with van der Waals surface area (Å²) in [6.07, 6.45) is 0. The Labute approximate surface area is 184 Å². The summed E-state index contributed by atoms with van der Waals surface area (Å²) in [5.74, 6) is 3.29. The van der Waals surface area contributed by atoms with Crippen molar-refractivity contribution in [2.45, 2.75) is 11.5 Å². The minimum Gasteiger partial charge on any atom is -0.493 e. The largest absolute Gasteiger partial charge is 0.493 e. The third kappa shape index (κ3) is 5.23. The van der Waals surface area contributed by atoms with Gasteiger partial charge in [0.15, 0.2) is 17.3 Å².